The second-order valence-electron chi connectivity index (χ2n) is 3.05. The molecule has 0 amide bonds. The van der Waals surface area contributed by atoms with Crippen LogP contribution in [0.1, 0.15) is 5.56 Å². The van der Waals surface area contributed by atoms with Crippen LogP contribution in [-0.2, 0) is 15.5 Å². The Bertz CT molecular complexity index is 293. The first-order valence-electron chi connectivity index (χ1n) is 4.68. The van der Waals surface area contributed by atoms with Gasteiger partial charge in [-0.15, -0.1) is 11.6 Å². The van der Waals surface area contributed by atoms with Crippen molar-refractivity contribution in [3.8, 4) is 0 Å². The number of benzene rings is 1. The third kappa shape index (κ3) is 6.80. The highest BCUT2D eigenvalue weighted by molar-refractivity contribution is 6.28. The van der Waals surface area contributed by atoms with Crippen molar-refractivity contribution in [2.24, 2.45) is 5.73 Å². The van der Waals surface area contributed by atoms with Gasteiger partial charge in [0.2, 0.25) is 0 Å². The van der Waals surface area contributed by atoms with E-state index in [1.807, 2.05) is 30.3 Å². The summed E-state index contributed by atoms with van der Waals surface area (Å²) in [6, 6.07) is 9.20. The minimum absolute atomic E-state index is 0.00595. The highest BCUT2D eigenvalue weighted by Gasteiger charge is 2.11. The summed E-state index contributed by atoms with van der Waals surface area (Å²) in [6.45, 7) is 0. The second-order valence-corrected chi connectivity index (χ2v) is 3.63. The van der Waals surface area contributed by atoms with Gasteiger partial charge < -0.3 is 5.73 Å². The molecule has 0 heterocycles. The molecule has 1 aromatic carbocycles. The third-order valence-corrected chi connectivity index (χ3v) is 2.11. The largest absolute Gasteiger partial charge is 0.321 e. The Kier molecular flexibility index (Phi) is 9.24. The summed E-state index contributed by atoms with van der Waals surface area (Å²) < 4.78 is 3.72. The normalized spacial score (nSPS) is 11.2. The van der Waals surface area contributed by atoms with Crippen LogP contribution < -0.4 is 5.73 Å². The Hall–Kier alpha value is -0.610. The first-order chi connectivity index (χ1) is 7.65. The van der Waals surface area contributed by atoms with E-state index in [9.17, 15) is 4.79 Å². The maximum absolute atomic E-state index is 11.1. The molecule has 2 N–H and O–H groups in total. The van der Waals surface area contributed by atoms with E-state index in [1.165, 1.54) is 7.11 Å². The summed E-state index contributed by atoms with van der Waals surface area (Å²) in [6.07, 6.45) is 0.562. The topological polar surface area (TPSA) is 52.3 Å². The number of Topliss-reactive ketones (excluding diaryl/α,β-unsaturated/α-hetero) is 1. The molecule has 1 unspecified atom stereocenters. The fraction of sp³-hybridized carbons (Fsp3) is 0.364. The molecule has 1 rings (SSSR count). The van der Waals surface area contributed by atoms with Crippen molar-refractivity contribution < 1.29 is 9.08 Å². The van der Waals surface area contributed by atoms with Gasteiger partial charge in [0.1, 0.15) is 0 Å². The summed E-state index contributed by atoms with van der Waals surface area (Å²) >= 11 is 9.88. The molecule has 90 valence electrons. The van der Waals surface area contributed by atoms with E-state index in [4.69, 9.17) is 17.3 Å². The molecule has 0 spiro atoms. The van der Waals surface area contributed by atoms with Crippen molar-refractivity contribution in [2.45, 2.75) is 12.5 Å². The lowest BCUT2D eigenvalue weighted by Gasteiger charge is -2.07. The van der Waals surface area contributed by atoms with Crippen LogP contribution >= 0.6 is 23.5 Å². The Morgan fingerprint density at radius 2 is 1.94 bits per heavy atom. The average Bonchev–Trinajstić information content (AvgIpc) is 2.30. The van der Waals surface area contributed by atoms with E-state index < -0.39 is 6.04 Å². The van der Waals surface area contributed by atoms with Crippen molar-refractivity contribution >= 4 is 29.3 Å². The summed E-state index contributed by atoms with van der Waals surface area (Å²) in [5.74, 6) is -0.112. The molecule has 16 heavy (non-hydrogen) atoms. The van der Waals surface area contributed by atoms with Gasteiger partial charge in [-0.25, -0.2) is 0 Å². The van der Waals surface area contributed by atoms with Crippen molar-refractivity contribution in [1.29, 1.82) is 0 Å². The van der Waals surface area contributed by atoms with Gasteiger partial charge in [0, 0.05) is 0 Å². The lowest BCUT2D eigenvalue weighted by molar-refractivity contribution is -0.117. The summed E-state index contributed by atoms with van der Waals surface area (Å²) in [5.41, 5.74) is 6.69. The molecule has 5 heteroatoms. The van der Waals surface area contributed by atoms with Crippen LogP contribution in [0.3, 0.4) is 0 Å². The van der Waals surface area contributed by atoms with E-state index in [-0.39, 0.29) is 11.7 Å². The Balaban J connectivity index is 0.000000673. The first-order valence-corrected chi connectivity index (χ1v) is 5.53. The molecular formula is C11H15Cl2NO2. The van der Waals surface area contributed by atoms with Gasteiger partial charge in [0.15, 0.2) is 5.78 Å². The first kappa shape index (κ1) is 15.4. The zero-order chi connectivity index (χ0) is 12.4. The standard InChI is InChI=1S/C10H12ClNO.CH3ClO/c11-7-10(13)9(12)6-8-4-2-1-3-5-8;1-3-2/h1-5,9H,6-7,12H2;1H3. The quantitative estimate of drug-likeness (QED) is 0.848. The van der Waals surface area contributed by atoms with Crippen LogP contribution in [0.5, 0.6) is 0 Å². The number of hydrogen-bond donors (Lipinski definition) is 1. The SMILES string of the molecule is COCl.NC(Cc1ccccc1)C(=O)CCl. The van der Waals surface area contributed by atoms with Crippen LogP contribution in [0.4, 0.5) is 0 Å². The smallest absolute Gasteiger partial charge is 0.164 e. The number of nitrogens with two attached hydrogens (primary N) is 1. The summed E-state index contributed by atoms with van der Waals surface area (Å²) in [7, 11) is 1.39. The van der Waals surface area contributed by atoms with Crippen LogP contribution in [0.25, 0.3) is 0 Å². The number of rotatable bonds is 4. The molecule has 0 aromatic heterocycles. The van der Waals surface area contributed by atoms with Crippen molar-refractivity contribution in [3.63, 3.8) is 0 Å². The predicted octanol–water partition coefficient (Wildman–Crippen LogP) is 2.15. The van der Waals surface area contributed by atoms with Crippen LogP contribution in [-0.4, -0.2) is 24.8 Å². The molecule has 0 aliphatic carbocycles. The highest BCUT2D eigenvalue weighted by Crippen LogP contribution is 2.02. The summed E-state index contributed by atoms with van der Waals surface area (Å²) in [5, 5.41) is 0. The van der Waals surface area contributed by atoms with E-state index in [1.54, 1.807) is 0 Å². The average molecular weight is 264 g/mol. The van der Waals surface area contributed by atoms with Crippen LogP contribution in [0.15, 0.2) is 30.3 Å². The zero-order valence-electron chi connectivity index (χ0n) is 9.03. The second kappa shape index (κ2) is 9.60. The Morgan fingerprint density at radius 1 is 1.44 bits per heavy atom. The maximum atomic E-state index is 11.1. The van der Waals surface area contributed by atoms with Gasteiger partial charge in [-0.05, 0) is 12.0 Å². The predicted molar refractivity (Wildman–Crippen MR) is 66.7 cm³/mol. The molecule has 0 aliphatic heterocycles. The van der Waals surface area contributed by atoms with Gasteiger partial charge in [-0.2, -0.15) is 0 Å². The van der Waals surface area contributed by atoms with Gasteiger partial charge >= 0.3 is 0 Å². The van der Waals surface area contributed by atoms with E-state index in [0.717, 1.165) is 5.56 Å². The van der Waals surface area contributed by atoms with Crippen molar-refractivity contribution in [3.05, 3.63) is 35.9 Å². The Morgan fingerprint density at radius 3 is 2.38 bits per heavy atom. The number of halogens is 2. The monoisotopic (exact) mass is 263 g/mol. The molecule has 0 aliphatic rings. The van der Waals surface area contributed by atoms with Gasteiger partial charge in [0.05, 0.1) is 30.9 Å². The van der Waals surface area contributed by atoms with Crippen LogP contribution in [0.2, 0.25) is 0 Å². The highest BCUT2D eigenvalue weighted by atomic mass is 35.5. The molecular weight excluding hydrogens is 249 g/mol. The number of ketones is 1. The number of carbonyl (C=O) groups is 1. The number of alkyl halides is 1. The molecule has 3 nitrogen and oxygen atoms in total. The van der Waals surface area contributed by atoms with E-state index in [2.05, 4.69) is 16.2 Å². The zero-order valence-corrected chi connectivity index (χ0v) is 10.5. The minimum Gasteiger partial charge on any atom is -0.321 e. The molecule has 0 saturated heterocycles. The fourth-order valence-electron chi connectivity index (χ4n) is 1.08. The minimum atomic E-state index is -0.472. The van der Waals surface area contributed by atoms with Gasteiger partial charge in [-0.3, -0.25) is 9.08 Å². The third-order valence-electron chi connectivity index (χ3n) is 1.84. The van der Waals surface area contributed by atoms with E-state index in [0.29, 0.717) is 6.42 Å². The molecule has 1 aromatic rings. The lowest BCUT2D eigenvalue weighted by atomic mass is 10.0. The molecule has 0 bridgehead atoms. The van der Waals surface area contributed by atoms with Crippen LogP contribution in [0, 0.1) is 0 Å². The van der Waals surface area contributed by atoms with E-state index >= 15 is 0 Å². The molecule has 0 fully saturated rings. The number of hydrogen-bond acceptors (Lipinski definition) is 3. The van der Waals surface area contributed by atoms with Crippen molar-refractivity contribution in [1.82, 2.24) is 0 Å². The molecule has 0 radical (unpaired) electrons. The van der Waals surface area contributed by atoms with Gasteiger partial charge in [0.25, 0.3) is 0 Å². The summed E-state index contributed by atoms with van der Waals surface area (Å²) in [4.78, 5) is 11.1. The Labute approximate surface area is 106 Å². The molecule has 1 atom stereocenters. The maximum Gasteiger partial charge on any atom is 0.164 e. The fourth-order valence-corrected chi connectivity index (χ4v) is 1.28. The van der Waals surface area contributed by atoms with Gasteiger partial charge in [-0.1, -0.05) is 30.3 Å². The van der Waals surface area contributed by atoms with Crippen molar-refractivity contribution in [2.75, 3.05) is 13.0 Å². The molecule has 0 saturated carbocycles. The lowest BCUT2D eigenvalue weighted by Crippen LogP contribution is -2.33. The number of carbonyl (C=O) groups excluding carboxylic acids is 1.